The van der Waals surface area contributed by atoms with Crippen LogP contribution in [0, 0.1) is 32.1 Å². The summed E-state index contributed by atoms with van der Waals surface area (Å²) in [4.78, 5) is 2.39. The minimum absolute atomic E-state index is 0. The monoisotopic (exact) mass is 386 g/mol. The molecular formula is C20H43NY-2. The van der Waals surface area contributed by atoms with E-state index >= 15 is 0 Å². The molecule has 0 heterocycles. The first-order valence-electron chi connectivity index (χ1n) is 8.73. The first-order chi connectivity index (χ1) is 9.51. The molecule has 133 valence electrons. The van der Waals surface area contributed by atoms with Gasteiger partial charge in [-0.2, -0.15) is 6.42 Å². The van der Waals surface area contributed by atoms with E-state index in [1.54, 1.807) is 0 Å². The van der Waals surface area contributed by atoms with Crippen molar-refractivity contribution in [3.8, 4) is 0 Å². The van der Waals surface area contributed by atoms with Crippen LogP contribution in [0.25, 0.3) is 0 Å². The van der Waals surface area contributed by atoms with Gasteiger partial charge in [0.25, 0.3) is 0 Å². The summed E-state index contributed by atoms with van der Waals surface area (Å²) in [6, 6.07) is 0. The van der Waals surface area contributed by atoms with Crippen LogP contribution in [0.1, 0.15) is 74.1 Å². The fourth-order valence-electron chi connectivity index (χ4n) is 2.70. The average molecular weight is 386 g/mol. The molecule has 1 nitrogen and oxygen atoms in total. The summed E-state index contributed by atoms with van der Waals surface area (Å²) in [5.74, 6) is 2.37. The largest absolute Gasteiger partial charge is 0.378 e. The summed E-state index contributed by atoms with van der Waals surface area (Å²) in [6.45, 7) is 26.0. The van der Waals surface area contributed by atoms with Gasteiger partial charge in [0.05, 0.1) is 0 Å². The molecule has 0 spiro atoms. The number of rotatable bonds is 10. The van der Waals surface area contributed by atoms with Crippen molar-refractivity contribution in [1.82, 2.24) is 4.90 Å². The number of allylic oxidation sites excluding steroid dienone is 1. The zero-order valence-electron chi connectivity index (χ0n) is 16.9. The summed E-state index contributed by atoms with van der Waals surface area (Å²) in [7, 11) is 0. The molecule has 0 aliphatic heterocycles. The Morgan fingerprint density at radius 1 is 1.09 bits per heavy atom. The Morgan fingerprint density at radius 3 is 1.91 bits per heavy atom. The molecule has 0 aromatic heterocycles. The Labute approximate surface area is 168 Å². The van der Waals surface area contributed by atoms with Crippen molar-refractivity contribution >= 4 is 0 Å². The molecule has 0 aromatic rings. The van der Waals surface area contributed by atoms with Crippen LogP contribution in [0.15, 0.2) is 12.3 Å². The molecule has 1 radical (unpaired) electrons. The third-order valence-electron chi connectivity index (χ3n) is 4.56. The van der Waals surface area contributed by atoms with Crippen LogP contribution in [0.2, 0.25) is 0 Å². The zero-order valence-corrected chi connectivity index (χ0v) is 19.8. The van der Waals surface area contributed by atoms with E-state index in [1.165, 1.54) is 18.5 Å². The summed E-state index contributed by atoms with van der Waals surface area (Å²) in [6.07, 6.45) is 4.65. The van der Waals surface area contributed by atoms with Gasteiger partial charge in [0, 0.05) is 45.0 Å². The van der Waals surface area contributed by atoms with Gasteiger partial charge in [-0.25, -0.2) is 0 Å². The minimum Gasteiger partial charge on any atom is -0.378 e. The van der Waals surface area contributed by atoms with E-state index in [1.807, 2.05) is 13.8 Å². The van der Waals surface area contributed by atoms with Crippen molar-refractivity contribution in [1.29, 1.82) is 0 Å². The molecular weight excluding hydrogens is 343 g/mol. The third kappa shape index (κ3) is 12.1. The summed E-state index contributed by atoms with van der Waals surface area (Å²) >= 11 is 0. The van der Waals surface area contributed by atoms with Gasteiger partial charge in [0.2, 0.25) is 0 Å². The smallest absolute Gasteiger partial charge is 0.0145 e. The molecule has 3 atom stereocenters. The maximum atomic E-state index is 4.30. The van der Waals surface area contributed by atoms with Crippen molar-refractivity contribution in [2.75, 3.05) is 13.1 Å². The fraction of sp³-hybridized carbons (Fsp3) is 0.800. The Bertz CT molecular complexity index is 228. The normalized spacial score (nSPS) is 13.5. The van der Waals surface area contributed by atoms with Crippen molar-refractivity contribution in [2.24, 2.45) is 17.8 Å². The van der Waals surface area contributed by atoms with Gasteiger partial charge in [0.1, 0.15) is 0 Å². The maximum absolute atomic E-state index is 4.30. The van der Waals surface area contributed by atoms with Crippen molar-refractivity contribution in [2.45, 2.75) is 74.1 Å². The number of hydrogen-bond donors (Lipinski definition) is 0. The van der Waals surface area contributed by atoms with Gasteiger partial charge in [-0.1, -0.05) is 61.0 Å². The average Bonchev–Trinajstić information content (AvgIpc) is 2.50. The van der Waals surface area contributed by atoms with Crippen molar-refractivity contribution in [3.05, 3.63) is 26.6 Å². The van der Waals surface area contributed by atoms with Crippen molar-refractivity contribution < 1.29 is 32.7 Å². The van der Waals surface area contributed by atoms with Crippen LogP contribution in [-0.4, -0.2) is 18.0 Å². The minimum atomic E-state index is 0. The SMILES string of the molecule is C=C(CC(CC)C(C)C(C)CC)N(CC)CC[CH2-].CC.[CH3-].[Y]. The van der Waals surface area contributed by atoms with Gasteiger partial charge in [-0.15, -0.1) is 0 Å². The molecule has 0 rings (SSSR count). The van der Waals surface area contributed by atoms with Crippen LogP contribution in [0.4, 0.5) is 0 Å². The van der Waals surface area contributed by atoms with E-state index in [9.17, 15) is 0 Å². The predicted molar refractivity (Wildman–Crippen MR) is 101 cm³/mol. The van der Waals surface area contributed by atoms with E-state index in [4.69, 9.17) is 0 Å². The molecule has 0 fully saturated rings. The maximum Gasteiger partial charge on any atom is 0.0145 e. The van der Waals surface area contributed by atoms with E-state index < -0.39 is 0 Å². The molecule has 22 heavy (non-hydrogen) atoms. The molecule has 2 heteroatoms. The quantitative estimate of drug-likeness (QED) is 0.381. The molecule has 0 aromatic carbocycles. The second kappa shape index (κ2) is 19.7. The molecule has 0 saturated carbocycles. The Balaban J connectivity index is -0.000000387. The van der Waals surface area contributed by atoms with E-state index in [0.717, 1.165) is 43.7 Å². The fourth-order valence-corrected chi connectivity index (χ4v) is 2.70. The van der Waals surface area contributed by atoms with Crippen LogP contribution in [0.5, 0.6) is 0 Å². The molecule has 0 aliphatic rings. The first-order valence-corrected chi connectivity index (χ1v) is 8.73. The summed E-state index contributed by atoms with van der Waals surface area (Å²) < 4.78 is 0. The van der Waals surface area contributed by atoms with Crippen molar-refractivity contribution in [3.63, 3.8) is 0 Å². The summed E-state index contributed by atoms with van der Waals surface area (Å²) in [5, 5.41) is 0. The molecule has 0 amide bonds. The predicted octanol–water partition coefficient (Wildman–Crippen LogP) is 6.62. The number of nitrogens with zero attached hydrogens (tertiary/aromatic N) is 1. The number of hydrogen-bond acceptors (Lipinski definition) is 1. The van der Waals surface area contributed by atoms with Crippen LogP contribution >= 0.6 is 0 Å². The second-order valence-electron chi connectivity index (χ2n) is 5.62. The summed E-state index contributed by atoms with van der Waals surface area (Å²) in [5.41, 5.74) is 1.31. The van der Waals surface area contributed by atoms with Crippen LogP contribution < -0.4 is 0 Å². The topological polar surface area (TPSA) is 3.24 Å². The van der Waals surface area contributed by atoms with E-state index in [-0.39, 0.29) is 40.1 Å². The molecule has 0 bridgehead atoms. The Morgan fingerprint density at radius 2 is 1.59 bits per heavy atom. The van der Waals surface area contributed by atoms with E-state index in [0.29, 0.717) is 0 Å². The van der Waals surface area contributed by atoms with Gasteiger partial charge in [0.15, 0.2) is 0 Å². The standard InChI is InChI=1S/C17H34N.C2H6.CH3.Y/c1-8-12-18(11-4)15(6)13-17(10-3)16(7)14(5)9-2;1-2;;/h14,16-17H,1,6,8-13H2,2-5,7H3;1-2H3;1H3;/q-1;;-1;. The molecule has 0 N–H and O–H groups in total. The zero-order chi connectivity index (χ0) is 16.1. The third-order valence-corrected chi connectivity index (χ3v) is 4.56. The van der Waals surface area contributed by atoms with Gasteiger partial charge in [-0.3, -0.25) is 0 Å². The first kappa shape index (κ1) is 30.5. The van der Waals surface area contributed by atoms with E-state index in [2.05, 4.69) is 53.0 Å². The Kier molecular flexibility index (Phi) is 27.3. The second-order valence-corrected chi connectivity index (χ2v) is 5.62. The molecule has 0 aliphatic carbocycles. The Hall–Kier alpha value is 0.644. The van der Waals surface area contributed by atoms with Gasteiger partial charge >= 0.3 is 0 Å². The van der Waals surface area contributed by atoms with Crippen LogP contribution in [0.3, 0.4) is 0 Å². The van der Waals surface area contributed by atoms with Gasteiger partial charge < -0.3 is 19.3 Å². The molecule has 0 saturated heterocycles. The van der Waals surface area contributed by atoms with Gasteiger partial charge in [-0.05, 0) is 37.6 Å². The van der Waals surface area contributed by atoms with Crippen LogP contribution in [-0.2, 0) is 32.7 Å². The molecule has 3 unspecified atom stereocenters.